The molecule has 2 saturated heterocycles. The molecule has 4 rings (SSSR count). The highest BCUT2D eigenvalue weighted by Gasteiger charge is 2.32. The number of ether oxygens (including phenoxy) is 3. The summed E-state index contributed by atoms with van der Waals surface area (Å²) < 4.78 is 16.5. The van der Waals surface area contributed by atoms with Crippen molar-refractivity contribution < 1.29 is 43.3 Å². The SMILES string of the molecule is CCOC(=O)N1CCN(C(=O)C(CCC(=O)OC(C)(C)C)NC(=O)c2cc(OCC(=O)N3CCC(O)CC3)c3ccc(C)cc3n2)CC1. The summed E-state index contributed by atoms with van der Waals surface area (Å²) in [7, 11) is 0. The van der Waals surface area contributed by atoms with E-state index in [1.54, 1.807) is 49.6 Å². The minimum Gasteiger partial charge on any atom is -0.483 e. The molecule has 2 aliphatic heterocycles. The molecule has 2 fully saturated rings. The van der Waals surface area contributed by atoms with Crippen LogP contribution in [0.3, 0.4) is 0 Å². The molecule has 14 heteroatoms. The number of rotatable bonds is 10. The average Bonchev–Trinajstić information content (AvgIpc) is 3.04. The molecule has 0 aliphatic carbocycles. The lowest BCUT2D eigenvalue weighted by Crippen LogP contribution is -2.56. The molecule has 2 N–H and O–H groups in total. The first-order valence-electron chi connectivity index (χ1n) is 16.5. The molecule has 262 valence electrons. The van der Waals surface area contributed by atoms with Gasteiger partial charge in [-0.15, -0.1) is 0 Å². The molecule has 3 heterocycles. The Kier molecular flexibility index (Phi) is 12.2. The van der Waals surface area contributed by atoms with Crippen molar-refractivity contribution in [2.45, 2.75) is 78.0 Å². The third-order valence-corrected chi connectivity index (χ3v) is 8.11. The second-order valence-corrected chi connectivity index (χ2v) is 13.1. The molecule has 48 heavy (non-hydrogen) atoms. The number of aliphatic hydroxyl groups is 1. The third kappa shape index (κ3) is 10.0. The molecule has 2 aliphatic rings. The normalized spacial score (nSPS) is 16.3. The number of piperidine rings is 1. The number of carbonyl (C=O) groups excluding carboxylic acids is 5. The molecule has 1 aromatic carbocycles. The number of amides is 4. The van der Waals surface area contributed by atoms with Crippen molar-refractivity contribution in [3.8, 4) is 5.75 Å². The van der Waals surface area contributed by atoms with Crippen LogP contribution in [-0.2, 0) is 23.9 Å². The van der Waals surface area contributed by atoms with Crippen LogP contribution < -0.4 is 10.1 Å². The summed E-state index contributed by atoms with van der Waals surface area (Å²) in [6, 6.07) is 5.82. The number of fused-ring (bicyclic) bond motifs is 1. The summed E-state index contributed by atoms with van der Waals surface area (Å²) in [5.74, 6) is -1.53. The highest BCUT2D eigenvalue weighted by molar-refractivity contribution is 5.99. The maximum Gasteiger partial charge on any atom is 0.409 e. The van der Waals surface area contributed by atoms with Crippen LogP contribution in [0.1, 0.15) is 69.4 Å². The fourth-order valence-electron chi connectivity index (χ4n) is 5.58. The van der Waals surface area contributed by atoms with E-state index in [1.807, 2.05) is 13.0 Å². The van der Waals surface area contributed by atoms with Gasteiger partial charge in [-0.05, 0) is 71.6 Å². The van der Waals surface area contributed by atoms with Gasteiger partial charge in [-0.1, -0.05) is 6.07 Å². The average molecular weight is 670 g/mol. The monoisotopic (exact) mass is 669 g/mol. The number of aryl methyl sites for hydroxylation is 1. The summed E-state index contributed by atoms with van der Waals surface area (Å²) in [5.41, 5.74) is 0.620. The molecule has 1 aromatic heterocycles. The molecule has 0 spiro atoms. The number of piperazine rings is 1. The van der Waals surface area contributed by atoms with E-state index in [4.69, 9.17) is 14.2 Å². The molecule has 0 bridgehead atoms. The quantitative estimate of drug-likeness (QED) is 0.359. The summed E-state index contributed by atoms with van der Waals surface area (Å²) in [5, 5.41) is 13.2. The first-order valence-corrected chi connectivity index (χ1v) is 16.5. The molecule has 14 nitrogen and oxygen atoms in total. The van der Waals surface area contributed by atoms with Crippen LogP contribution >= 0.6 is 0 Å². The molecular weight excluding hydrogens is 622 g/mol. The van der Waals surface area contributed by atoms with Crippen LogP contribution in [0.5, 0.6) is 5.75 Å². The number of esters is 1. The number of likely N-dealkylation sites (tertiary alicyclic amines) is 1. The highest BCUT2D eigenvalue weighted by atomic mass is 16.6. The van der Waals surface area contributed by atoms with E-state index in [2.05, 4.69) is 10.3 Å². The van der Waals surface area contributed by atoms with E-state index in [0.29, 0.717) is 36.8 Å². The van der Waals surface area contributed by atoms with Crippen molar-refractivity contribution >= 4 is 40.7 Å². The second kappa shape index (κ2) is 16.1. The fraction of sp³-hybridized carbons (Fsp3) is 0.588. The Morgan fingerprint density at radius 1 is 0.979 bits per heavy atom. The number of aliphatic hydroxyl groups excluding tert-OH is 1. The van der Waals surface area contributed by atoms with E-state index in [-0.39, 0.29) is 69.6 Å². The van der Waals surface area contributed by atoms with Crippen molar-refractivity contribution in [1.29, 1.82) is 0 Å². The van der Waals surface area contributed by atoms with Crippen molar-refractivity contribution in [2.24, 2.45) is 0 Å². The Morgan fingerprint density at radius 2 is 1.65 bits per heavy atom. The molecule has 2 aromatic rings. The predicted octanol–water partition coefficient (Wildman–Crippen LogP) is 2.43. The Balaban J connectivity index is 1.53. The standard InChI is InChI=1S/C34H47N5O9/c1-6-46-33(45)39-17-15-38(16-18-39)32(44)25(9-10-30(42)48-34(3,4)5)36-31(43)27-20-28(24-8-7-22(2)19-26(24)35-27)47-21-29(41)37-13-11-23(40)12-14-37/h7-8,19-20,23,25,40H,6,9-18,21H2,1-5H3,(H,36,43). The van der Waals surface area contributed by atoms with Gasteiger partial charge in [0, 0.05) is 57.1 Å². The number of hydrogen-bond donors (Lipinski definition) is 2. The summed E-state index contributed by atoms with van der Waals surface area (Å²) in [6.07, 6.45) is -0.00770. The maximum absolute atomic E-state index is 13.8. The summed E-state index contributed by atoms with van der Waals surface area (Å²) in [4.78, 5) is 74.4. The van der Waals surface area contributed by atoms with Crippen molar-refractivity contribution in [1.82, 2.24) is 25.0 Å². The molecular formula is C34H47N5O9. The van der Waals surface area contributed by atoms with E-state index >= 15 is 0 Å². The predicted molar refractivity (Wildman–Crippen MR) is 175 cm³/mol. The van der Waals surface area contributed by atoms with Gasteiger partial charge in [0.2, 0.25) is 5.91 Å². The smallest absolute Gasteiger partial charge is 0.409 e. The number of aromatic nitrogens is 1. The van der Waals surface area contributed by atoms with Crippen LogP contribution in [0.15, 0.2) is 24.3 Å². The minimum absolute atomic E-state index is 0.0212. The number of nitrogens with one attached hydrogen (secondary N) is 1. The van der Waals surface area contributed by atoms with Gasteiger partial charge in [-0.3, -0.25) is 19.2 Å². The maximum atomic E-state index is 13.8. The van der Waals surface area contributed by atoms with Crippen LogP contribution in [0, 0.1) is 6.92 Å². The lowest BCUT2D eigenvalue weighted by Gasteiger charge is -2.36. The van der Waals surface area contributed by atoms with Crippen LogP contribution in [-0.4, -0.2) is 125 Å². The zero-order valence-corrected chi connectivity index (χ0v) is 28.5. The van der Waals surface area contributed by atoms with Crippen LogP contribution in [0.2, 0.25) is 0 Å². The van der Waals surface area contributed by atoms with Gasteiger partial charge in [0.25, 0.3) is 11.8 Å². The Bertz CT molecular complexity index is 1490. The number of hydrogen-bond acceptors (Lipinski definition) is 10. The number of benzene rings is 1. The molecule has 4 amide bonds. The first kappa shape index (κ1) is 36.4. The molecule has 0 saturated carbocycles. The lowest BCUT2D eigenvalue weighted by molar-refractivity contribution is -0.155. The summed E-state index contributed by atoms with van der Waals surface area (Å²) in [6.45, 7) is 10.7. The minimum atomic E-state index is -1.09. The fourth-order valence-corrected chi connectivity index (χ4v) is 5.58. The Hall–Kier alpha value is -4.46. The van der Waals surface area contributed by atoms with Crippen molar-refractivity contribution in [3.63, 3.8) is 0 Å². The number of pyridine rings is 1. The zero-order valence-electron chi connectivity index (χ0n) is 28.5. The van der Waals surface area contributed by atoms with Gasteiger partial charge in [0.05, 0.1) is 18.2 Å². The molecule has 1 atom stereocenters. The zero-order chi connectivity index (χ0) is 35.0. The van der Waals surface area contributed by atoms with E-state index in [9.17, 15) is 29.1 Å². The van der Waals surface area contributed by atoms with E-state index < -0.39 is 41.6 Å². The molecule has 1 unspecified atom stereocenters. The third-order valence-electron chi connectivity index (χ3n) is 8.11. The van der Waals surface area contributed by atoms with Crippen molar-refractivity contribution in [2.75, 3.05) is 52.5 Å². The van der Waals surface area contributed by atoms with Crippen LogP contribution in [0.25, 0.3) is 10.9 Å². The largest absolute Gasteiger partial charge is 0.483 e. The van der Waals surface area contributed by atoms with Gasteiger partial charge in [-0.25, -0.2) is 9.78 Å². The summed E-state index contributed by atoms with van der Waals surface area (Å²) >= 11 is 0. The Morgan fingerprint density at radius 3 is 2.29 bits per heavy atom. The van der Waals surface area contributed by atoms with Gasteiger partial charge < -0.3 is 39.3 Å². The highest BCUT2D eigenvalue weighted by Crippen LogP contribution is 2.27. The van der Waals surface area contributed by atoms with Gasteiger partial charge in [-0.2, -0.15) is 0 Å². The number of carbonyl (C=O) groups is 5. The van der Waals surface area contributed by atoms with Crippen molar-refractivity contribution in [3.05, 3.63) is 35.5 Å². The van der Waals surface area contributed by atoms with Gasteiger partial charge in [0.1, 0.15) is 23.1 Å². The number of nitrogens with zero attached hydrogens (tertiary/aromatic N) is 4. The molecule has 0 radical (unpaired) electrons. The van der Waals surface area contributed by atoms with Gasteiger partial charge >= 0.3 is 12.1 Å². The van der Waals surface area contributed by atoms with Crippen LogP contribution in [0.4, 0.5) is 4.79 Å². The first-order chi connectivity index (χ1) is 22.7. The Labute approximate surface area is 280 Å². The topological polar surface area (TPSA) is 168 Å². The van der Waals surface area contributed by atoms with Gasteiger partial charge in [0.15, 0.2) is 6.61 Å². The second-order valence-electron chi connectivity index (χ2n) is 13.1. The van der Waals surface area contributed by atoms with E-state index in [1.165, 1.54) is 11.0 Å². The lowest BCUT2D eigenvalue weighted by atomic mass is 10.1. The van der Waals surface area contributed by atoms with E-state index in [0.717, 1.165) is 5.56 Å².